The maximum Gasteiger partial charge on any atom is 0.244 e. The summed E-state index contributed by atoms with van der Waals surface area (Å²) in [4.78, 5) is 2.62. The van der Waals surface area contributed by atoms with Crippen LogP contribution in [0.2, 0.25) is 0 Å². The van der Waals surface area contributed by atoms with Crippen LogP contribution < -0.4 is 9.46 Å². The first-order valence-electron chi connectivity index (χ1n) is 8.44. The molecule has 3 rings (SSSR count). The molecule has 1 aromatic carbocycles. The summed E-state index contributed by atoms with van der Waals surface area (Å²) in [6.45, 7) is 4.20. The fourth-order valence-electron chi connectivity index (χ4n) is 2.57. The lowest BCUT2D eigenvalue weighted by Gasteiger charge is -2.12. The van der Waals surface area contributed by atoms with Crippen LogP contribution >= 0.6 is 22.7 Å². The molecular weight excluding hydrogens is 402 g/mol. The highest BCUT2D eigenvalue weighted by Crippen LogP contribution is 2.31. The minimum Gasteiger partial charge on any atom is -0.492 e. The van der Waals surface area contributed by atoms with Crippen LogP contribution in [0.3, 0.4) is 0 Å². The van der Waals surface area contributed by atoms with Crippen molar-refractivity contribution in [2.24, 2.45) is 0 Å². The fraction of sp³-hybridized carbons (Fsp3) is 0.263. The number of nitrogens with one attached hydrogen (secondary N) is 1. The van der Waals surface area contributed by atoms with Gasteiger partial charge in [-0.1, -0.05) is 12.1 Å². The van der Waals surface area contributed by atoms with Crippen molar-refractivity contribution in [3.63, 3.8) is 0 Å². The van der Waals surface area contributed by atoms with Gasteiger partial charge in [0.25, 0.3) is 0 Å². The van der Waals surface area contributed by atoms with Crippen molar-refractivity contribution in [3.05, 3.63) is 68.0 Å². The number of sulfonamides is 1. The van der Waals surface area contributed by atoms with Gasteiger partial charge >= 0.3 is 0 Å². The average molecular weight is 424 g/mol. The van der Waals surface area contributed by atoms with E-state index in [9.17, 15) is 13.5 Å². The second-order valence-corrected chi connectivity index (χ2v) is 9.84. The second kappa shape index (κ2) is 8.53. The number of benzene rings is 1. The summed E-state index contributed by atoms with van der Waals surface area (Å²) in [5.74, 6) is 0.343. The minimum absolute atomic E-state index is 0.139. The predicted molar refractivity (Wildman–Crippen MR) is 109 cm³/mol. The van der Waals surface area contributed by atoms with Crippen molar-refractivity contribution < 1.29 is 18.3 Å². The summed E-state index contributed by atoms with van der Waals surface area (Å²) in [6.07, 6.45) is -0.679. The van der Waals surface area contributed by atoms with E-state index in [4.69, 9.17) is 4.74 Å². The summed E-state index contributed by atoms with van der Waals surface area (Å²) in [5.41, 5.74) is 0.844. The Kier molecular flexibility index (Phi) is 6.33. The average Bonchev–Trinajstić information content (AvgIpc) is 3.33. The Bertz CT molecular complexity index is 994. The molecule has 2 heterocycles. The van der Waals surface area contributed by atoms with E-state index in [-0.39, 0.29) is 11.4 Å². The Morgan fingerprint density at radius 1 is 1.19 bits per heavy atom. The van der Waals surface area contributed by atoms with Crippen LogP contribution in [0.4, 0.5) is 0 Å². The van der Waals surface area contributed by atoms with Crippen molar-refractivity contribution in [1.29, 1.82) is 0 Å². The highest BCUT2D eigenvalue weighted by Gasteiger charge is 2.21. The summed E-state index contributed by atoms with van der Waals surface area (Å²) in [6, 6.07) is 12.5. The summed E-state index contributed by atoms with van der Waals surface area (Å²) in [7, 11) is -3.72. The quantitative estimate of drug-likeness (QED) is 0.572. The van der Waals surface area contributed by atoms with Gasteiger partial charge in [-0.2, -0.15) is 0 Å². The molecule has 27 heavy (non-hydrogen) atoms. The van der Waals surface area contributed by atoms with Gasteiger partial charge in [0.05, 0.1) is 6.61 Å². The number of aryl methyl sites for hydroxylation is 1. The molecule has 0 saturated heterocycles. The molecule has 0 aliphatic rings. The lowest BCUT2D eigenvalue weighted by atomic mass is 10.2. The van der Waals surface area contributed by atoms with Gasteiger partial charge in [0.15, 0.2) is 0 Å². The molecule has 0 fully saturated rings. The van der Waals surface area contributed by atoms with Crippen molar-refractivity contribution in [1.82, 2.24) is 4.72 Å². The van der Waals surface area contributed by atoms with Gasteiger partial charge in [-0.3, -0.25) is 0 Å². The maximum absolute atomic E-state index is 12.7. The fourth-order valence-corrected chi connectivity index (χ4v) is 5.65. The molecule has 0 aliphatic carbocycles. The molecule has 0 radical (unpaired) electrons. The Balaban J connectivity index is 1.74. The number of hydrogen-bond donors (Lipinski definition) is 2. The molecule has 2 aromatic heterocycles. The first-order chi connectivity index (χ1) is 12.9. The standard InChI is InChI=1S/C19H21NO4S3/c1-3-24-15-8-6-13(2)11-18(15)27(22,23)20-12-14-7-9-17(26-14)19(21)16-5-4-10-25-16/h4-11,19-21H,3,12H2,1-2H3. The van der Waals surface area contributed by atoms with Crippen molar-refractivity contribution in [2.45, 2.75) is 31.4 Å². The number of aliphatic hydroxyl groups excluding tert-OH is 1. The van der Waals surface area contributed by atoms with Crippen LogP contribution in [0.1, 0.15) is 33.2 Å². The van der Waals surface area contributed by atoms with E-state index in [1.165, 1.54) is 22.7 Å². The van der Waals surface area contributed by atoms with Gasteiger partial charge in [-0.15, -0.1) is 22.7 Å². The van der Waals surface area contributed by atoms with Gasteiger partial charge in [0.2, 0.25) is 10.0 Å². The van der Waals surface area contributed by atoms with Gasteiger partial charge in [-0.25, -0.2) is 13.1 Å². The van der Waals surface area contributed by atoms with E-state index in [2.05, 4.69) is 4.72 Å². The van der Waals surface area contributed by atoms with Gasteiger partial charge in [0, 0.05) is 21.2 Å². The van der Waals surface area contributed by atoms with E-state index >= 15 is 0 Å². The molecule has 1 atom stereocenters. The Hall–Kier alpha value is -1.71. The zero-order valence-electron chi connectivity index (χ0n) is 15.0. The highest BCUT2D eigenvalue weighted by molar-refractivity contribution is 7.89. The van der Waals surface area contributed by atoms with Crippen molar-refractivity contribution in [3.8, 4) is 5.75 Å². The number of thiophene rings is 2. The van der Waals surface area contributed by atoms with Gasteiger partial charge in [-0.05, 0) is 55.1 Å². The SMILES string of the molecule is CCOc1ccc(C)cc1S(=O)(=O)NCc1ccc(C(O)c2cccs2)s1. The largest absolute Gasteiger partial charge is 0.492 e. The van der Waals surface area contributed by atoms with Crippen LogP contribution in [0, 0.1) is 6.92 Å². The molecule has 2 N–H and O–H groups in total. The minimum atomic E-state index is -3.72. The third-order valence-corrected chi connectivity index (χ3v) is 7.37. The zero-order valence-corrected chi connectivity index (χ0v) is 17.5. The van der Waals surface area contributed by atoms with Crippen LogP contribution in [0.5, 0.6) is 5.75 Å². The number of aliphatic hydroxyl groups is 1. The molecule has 1 unspecified atom stereocenters. The predicted octanol–water partition coefficient (Wildman–Crippen LogP) is 4.08. The Morgan fingerprint density at radius 2 is 2.00 bits per heavy atom. The molecule has 0 spiro atoms. The molecule has 0 amide bonds. The van der Waals surface area contributed by atoms with E-state index in [0.29, 0.717) is 12.4 Å². The Labute approximate surface area is 167 Å². The smallest absolute Gasteiger partial charge is 0.244 e. The summed E-state index contributed by atoms with van der Waals surface area (Å²) < 4.78 is 33.6. The molecule has 0 aliphatic heterocycles. The zero-order chi connectivity index (χ0) is 19.4. The van der Waals surface area contributed by atoms with E-state index in [1.54, 1.807) is 12.1 Å². The molecule has 0 bridgehead atoms. The van der Waals surface area contributed by atoms with Crippen molar-refractivity contribution >= 4 is 32.7 Å². The number of rotatable bonds is 8. The Morgan fingerprint density at radius 3 is 2.70 bits per heavy atom. The molecule has 144 valence electrons. The summed E-state index contributed by atoms with van der Waals surface area (Å²) >= 11 is 2.88. The van der Waals surface area contributed by atoms with Crippen LogP contribution in [0.25, 0.3) is 0 Å². The molecule has 3 aromatic rings. The lowest BCUT2D eigenvalue weighted by molar-refractivity contribution is 0.228. The monoisotopic (exact) mass is 423 g/mol. The van der Waals surface area contributed by atoms with E-state index in [0.717, 1.165) is 20.2 Å². The van der Waals surface area contributed by atoms with E-state index < -0.39 is 16.1 Å². The topological polar surface area (TPSA) is 75.6 Å². The first kappa shape index (κ1) is 20.0. The summed E-state index contributed by atoms with van der Waals surface area (Å²) in [5, 5.41) is 12.3. The number of ether oxygens (including phenoxy) is 1. The molecule has 5 nitrogen and oxygen atoms in total. The van der Waals surface area contributed by atoms with Gasteiger partial charge in [0.1, 0.15) is 16.7 Å². The lowest BCUT2D eigenvalue weighted by Crippen LogP contribution is -2.23. The normalized spacial score (nSPS) is 12.9. The maximum atomic E-state index is 12.7. The first-order valence-corrected chi connectivity index (χ1v) is 11.6. The molecular formula is C19H21NO4S3. The van der Waals surface area contributed by atoms with E-state index in [1.807, 2.05) is 49.6 Å². The van der Waals surface area contributed by atoms with Crippen LogP contribution in [-0.4, -0.2) is 20.1 Å². The van der Waals surface area contributed by atoms with Gasteiger partial charge < -0.3 is 9.84 Å². The molecule has 0 saturated carbocycles. The number of hydrogen-bond acceptors (Lipinski definition) is 6. The van der Waals surface area contributed by atoms with Crippen LogP contribution in [-0.2, 0) is 16.6 Å². The highest BCUT2D eigenvalue weighted by atomic mass is 32.2. The van der Waals surface area contributed by atoms with Crippen LogP contribution in [0.15, 0.2) is 52.7 Å². The third kappa shape index (κ3) is 4.77. The van der Waals surface area contributed by atoms with Crippen molar-refractivity contribution in [2.75, 3.05) is 6.61 Å². The third-order valence-electron chi connectivity index (χ3n) is 3.89. The molecule has 8 heteroatoms. The second-order valence-electron chi connectivity index (χ2n) is 5.93.